The van der Waals surface area contributed by atoms with Gasteiger partial charge in [0, 0.05) is 13.0 Å². The van der Waals surface area contributed by atoms with Gasteiger partial charge in [-0.15, -0.1) is 0 Å². The monoisotopic (exact) mass is 260 g/mol. The van der Waals surface area contributed by atoms with Crippen LogP contribution in [0.1, 0.15) is 45.1 Å². The zero-order valence-electron chi connectivity index (χ0n) is 12.0. The minimum atomic E-state index is 0.0206. The minimum absolute atomic E-state index is 0.0206. The van der Waals surface area contributed by atoms with E-state index in [4.69, 9.17) is 9.47 Å². The van der Waals surface area contributed by atoms with E-state index in [2.05, 4.69) is 26.0 Å². The van der Waals surface area contributed by atoms with Crippen molar-refractivity contribution in [1.82, 2.24) is 0 Å². The van der Waals surface area contributed by atoms with E-state index in [-0.39, 0.29) is 5.60 Å². The van der Waals surface area contributed by atoms with Gasteiger partial charge < -0.3 is 9.47 Å². The van der Waals surface area contributed by atoms with Crippen LogP contribution in [0.2, 0.25) is 0 Å². The fourth-order valence-corrected chi connectivity index (χ4v) is 2.42. The van der Waals surface area contributed by atoms with Crippen LogP contribution in [0.5, 0.6) is 0 Å². The van der Waals surface area contributed by atoms with Crippen molar-refractivity contribution in [3.05, 3.63) is 42.2 Å². The summed E-state index contributed by atoms with van der Waals surface area (Å²) in [5.41, 5.74) is 2.39. The van der Waals surface area contributed by atoms with Crippen molar-refractivity contribution in [3.63, 3.8) is 0 Å². The third-order valence-corrected chi connectivity index (χ3v) is 3.79. The van der Waals surface area contributed by atoms with Gasteiger partial charge in [-0.1, -0.05) is 30.3 Å². The molecule has 2 heteroatoms. The van der Waals surface area contributed by atoms with Crippen LogP contribution in [0.4, 0.5) is 0 Å². The molecule has 1 saturated heterocycles. The molecule has 0 spiro atoms. The molecule has 1 aromatic rings. The van der Waals surface area contributed by atoms with E-state index < -0.39 is 0 Å². The van der Waals surface area contributed by atoms with Gasteiger partial charge in [-0.25, -0.2) is 0 Å². The van der Waals surface area contributed by atoms with E-state index in [0.717, 1.165) is 31.6 Å². The first-order chi connectivity index (χ1) is 9.20. The van der Waals surface area contributed by atoms with Crippen LogP contribution >= 0.6 is 0 Å². The number of rotatable bonds is 5. The summed E-state index contributed by atoms with van der Waals surface area (Å²) >= 11 is 0. The second kappa shape index (κ2) is 6.76. The highest BCUT2D eigenvalue weighted by Crippen LogP contribution is 2.27. The van der Waals surface area contributed by atoms with Gasteiger partial charge in [0.05, 0.1) is 18.5 Å². The molecular formula is C17H24O2. The van der Waals surface area contributed by atoms with Gasteiger partial charge in [-0.2, -0.15) is 0 Å². The molecule has 1 aliphatic heterocycles. The summed E-state index contributed by atoms with van der Waals surface area (Å²) in [4.78, 5) is 0. The van der Waals surface area contributed by atoms with E-state index in [9.17, 15) is 0 Å². The Morgan fingerprint density at radius 2 is 2.11 bits per heavy atom. The summed E-state index contributed by atoms with van der Waals surface area (Å²) in [6, 6.07) is 10.3. The van der Waals surface area contributed by atoms with Gasteiger partial charge in [0.2, 0.25) is 0 Å². The molecule has 1 aliphatic rings. The summed E-state index contributed by atoms with van der Waals surface area (Å²) in [6.07, 6.45) is 6.45. The number of hydrogen-bond acceptors (Lipinski definition) is 2. The summed E-state index contributed by atoms with van der Waals surface area (Å²) < 4.78 is 11.5. The van der Waals surface area contributed by atoms with Crippen molar-refractivity contribution in [2.24, 2.45) is 0 Å². The van der Waals surface area contributed by atoms with Crippen molar-refractivity contribution >= 4 is 5.57 Å². The molecule has 0 aliphatic carbocycles. The van der Waals surface area contributed by atoms with Gasteiger partial charge in [-0.3, -0.25) is 0 Å². The van der Waals surface area contributed by atoms with Crippen LogP contribution in [0.3, 0.4) is 0 Å². The number of allylic oxidation sites excluding steroid dienone is 1. The maximum Gasteiger partial charge on any atom is 0.0900 e. The average Bonchev–Trinajstić information content (AvgIpc) is 2.45. The van der Waals surface area contributed by atoms with Gasteiger partial charge in [0.25, 0.3) is 0 Å². The molecule has 1 unspecified atom stereocenters. The molecular weight excluding hydrogens is 236 g/mol. The number of hydrogen-bond donors (Lipinski definition) is 0. The first kappa shape index (κ1) is 14.1. The maximum atomic E-state index is 5.86. The predicted octanol–water partition coefficient (Wildman–Crippen LogP) is 4.41. The highest BCUT2D eigenvalue weighted by Gasteiger charge is 2.27. The Bertz CT molecular complexity index is 403. The fourth-order valence-electron chi connectivity index (χ4n) is 2.42. The van der Waals surface area contributed by atoms with Crippen molar-refractivity contribution in [2.45, 2.75) is 45.1 Å². The topological polar surface area (TPSA) is 18.5 Å². The molecule has 1 atom stereocenters. The second-order valence-corrected chi connectivity index (χ2v) is 5.54. The van der Waals surface area contributed by atoms with Gasteiger partial charge in [0.1, 0.15) is 0 Å². The molecule has 2 nitrogen and oxygen atoms in total. The molecule has 19 heavy (non-hydrogen) atoms. The lowest BCUT2D eigenvalue weighted by Crippen LogP contribution is -2.33. The van der Waals surface area contributed by atoms with E-state index in [1.54, 1.807) is 0 Å². The Hall–Kier alpha value is -1.28. The summed E-state index contributed by atoms with van der Waals surface area (Å²) in [7, 11) is 0. The third-order valence-electron chi connectivity index (χ3n) is 3.79. The molecule has 104 valence electrons. The molecule has 0 aromatic heterocycles. The Morgan fingerprint density at radius 3 is 2.79 bits per heavy atom. The molecule has 0 radical (unpaired) electrons. The lowest BCUT2D eigenvalue weighted by atomic mass is 9.93. The maximum absolute atomic E-state index is 5.86. The van der Waals surface area contributed by atoms with Crippen molar-refractivity contribution in [3.8, 4) is 0 Å². The smallest absolute Gasteiger partial charge is 0.0900 e. The first-order valence-corrected chi connectivity index (χ1v) is 7.17. The van der Waals surface area contributed by atoms with Gasteiger partial charge >= 0.3 is 0 Å². The zero-order chi connectivity index (χ0) is 13.6. The average molecular weight is 260 g/mol. The predicted molar refractivity (Wildman–Crippen MR) is 78.9 cm³/mol. The molecule has 0 saturated carbocycles. The standard InChI is InChI=1S/C17H24O2/c1-15(16-8-4-3-5-9-16)14-18-13-11-17(2)10-6-7-12-19-17/h3-5,8-9,14H,6-7,10-13H2,1-2H3/b15-14-. The minimum Gasteiger partial charge on any atom is -0.501 e. The van der Waals surface area contributed by atoms with Crippen LogP contribution in [0.25, 0.3) is 5.57 Å². The van der Waals surface area contributed by atoms with E-state index in [0.29, 0.717) is 0 Å². The van der Waals surface area contributed by atoms with E-state index in [1.807, 2.05) is 24.5 Å². The van der Waals surface area contributed by atoms with Crippen LogP contribution in [-0.2, 0) is 9.47 Å². The lowest BCUT2D eigenvalue weighted by Gasteiger charge is -2.33. The first-order valence-electron chi connectivity index (χ1n) is 7.17. The summed E-state index contributed by atoms with van der Waals surface area (Å²) in [5.74, 6) is 0. The SMILES string of the molecule is C/C(=C/OCCC1(C)CCCCO1)c1ccccc1. The number of ether oxygens (including phenoxy) is 2. The second-order valence-electron chi connectivity index (χ2n) is 5.54. The normalized spacial score (nSPS) is 24.2. The highest BCUT2D eigenvalue weighted by atomic mass is 16.5. The van der Waals surface area contributed by atoms with Crippen LogP contribution in [0.15, 0.2) is 36.6 Å². The fraction of sp³-hybridized carbons (Fsp3) is 0.529. The molecule has 0 bridgehead atoms. The molecule has 2 rings (SSSR count). The lowest BCUT2D eigenvalue weighted by molar-refractivity contribution is -0.0777. The highest BCUT2D eigenvalue weighted by molar-refractivity contribution is 5.62. The Morgan fingerprint density at radius 1 is 1.32 bits per heavy atom. The Kier molecular flexibility index (Phi) is 5.03. The third kappa shape index (κ3) is 4.39. The Balaban J connectivity index is 1.77. The molecule has 1 heterocycles. The van der Waals surface area contributed by atoms with Crippen LogP contribution in [-0.4, -0.2) is 18.8 Å². The van der Waals surface area contributed by atoms with Crippen molar-refractivity contribution in [1.29, 1.82) is 0 Å². The summed E-state index contributed by atoms with van der Waals surface area (Å²) in [6.45, 7) is 5.90. The van der Waals surface area contributed by atoms with Gasteiger partial charge in [0.15, 0.2) is 0 Å². The molecule has 1 aromatic carbocycles. The zero-order valence-corrected chi connectivity index (χ0v) is 12.0. The van der Waals surface area contributed by atoms with Gasteiger partial charge in [-0.05, 0) is 44.2 Å². The number of benzene rings is 1. The van der Waals surface area contributed by atoms with Crippen LogP contribution < -0.4 is 0 Å². The Labute approximate surface area is 116 Å². The van der Waals surface area contributed by atoms with Crippen molar-refractivity contribution < 1.29 is 9.47 Å². The van der Waals surface area contributed by atoms with Crippen LogP contribution in [0, 0.1) is 0 Å². The van der Waals surface area contributed by atoms with E-state index in [1.165, 1.54) is 18.4 Å². The van der Waals surface area contributed by atoms with E-state index >= 15 is 0 Å². The van der Waals surface area contributed by atoms with Crippen molar-refractivity contribution in [2.75, 3.05) is 13.2 Å². The molecule has 0 N–H and O–H groups in total. The molecule has 1 fully saturated rings. The molecule has 0 amide bonds. The summed E-state index contributed by atoms with van der Waals surface area (Å²) in [5, 5.41) is 0. The largest absolute Gasteiger partial charge is 0.501 e. The quantitative estimate of drug-likeness (QED) is 0.576.